The van der Waals surface area contributed by atoms with E-state index in [1.165, 1.54) is 6.07 Å². The number of carbonyl (C=O) groups is 1. The Morgan fingerprint density at radius 2 is 2.00 bits per heavy atom. The van der Waals surface area contributed by atoms with E-state index in [9.17, 15) is 9.18 Å². The van der Waals surface area contributed by atoms with Crippen LogP contribution in [-0.4, -0.2) is 11.6 Å². The van der Waals surface area contributed by atoms with Crippen LogP contribution in [0.5, 0.6) is 0 Å². The quantitative estimate of drug-likeness (QED) is 0.851. The molecule has 1 unspecified atom stereocenters. The summed E-state index contributed by atoms with van der Waals surface area (Å²) in [5.41, 5.74) is 7.16. The summed E-state index contributed by atoms with van der Waals surface area (Å²) in [6, 6.07) is 10.8. The first-order chi connectivity index (χ1) is 11.0. The van der Waals surface area contributed by atoms with Crippen LogP contribution in [0.3, 0.4) is 0 Å². The Morgan fingerprint density at radius 1 is 1.17 bits per heavy atom. The second-order valence-electron chi connectivity index (χ2n) is 6.22. The normalized spacial score (nSPS) is 21.9. The second-order valence-corrected chi connectivity index (χ2v) is 6.22. The lowest BCUT2D eigenvalue weighted by Gasteiger charge is -2.21. The van der Waals surface area contributed by atoms with Gasteiger partial charge >= 0.3 is 0 Å². The number of nitrogens with zero attached hydrogens (tertiary/aromatic N) is 1. The van der Waals surface area contributed by atoms with Crippen molar-refractivity contribution in [2.75, 3.05) is 5.32 Å². The number of anilines is 1. The Morgan fingerprint density at radius 3 is 2.78 bits per heavy atom. The molecule has 0 radical (unpaired) electrons. The van der Waals surface area contributed by atoms with Gasteiger partial charge in [0.1, 0.15) is 5.82 Å². The van der Waals surface area contributed by atoms with Gasteiger partial charge < -0.3 is 5.32 Å². The number of hydrogen-bond acceptors (Lipinski definition) is 3. The number of benzene rings is 2. The van der Waals surface area contributed by atoms with Gasteiger partial charge in [-0.1, -0.05) is 23.8 Å². The predicted octanol–water partition coefficient (Wildman–Crippen LogP) is 2.99. The first kappa shape index (κ1) is 13.9. The largest absolute Gasteiger partial charge is 0.323 e. The molecule has 5 heteroatoms. The van der Waals surface area contributed by atoms with Crippen LogP contribution >= 0.6 is 0 Å². The number of nitrogens with one attached hydrogen (secondary N) is 2. The highest BCUT2D eigenvalue weighted by Gasteiger charge is 2.50. The fourth-order valence-corrected chi connectivity index (χ4v) is 3.24. The number of fused-ring (bicyclic) bond motifs is 2. The van der Waals surface area contributed by atoms with Crippen LogP contribution in [0.25, 0.3) is 0 Å². The maximum absolute atomic E-state index is 13.5. The molecule has 0 fully saturated rings. The predicted molar refractivity (Wildman–Crippen MR) is 86.9 cm³/mol. The first-order valence-electron chi connectivity index (χ1n) is 7.52. The van der Waals surface area contributed by atoms with Crippen molar-refractivity contribution in [3.05, 3.63) is 64.5 Å². The topological polar surface area (TPSA) is 53.5 Å². The summed E-state index contributed by atoms with van der Waals surface area (Å²) in [6.45, 7) is 3.72. The zero-order valence-corrected chi connectivity index (χ0v) is 12.9. The van der Waals surface area contributed by atoms with Crippen LogP contribution in [0.1, 0.15) is 28.7 Å². The fourth-order valence-electron chi connectivity index (χ4n) is 3.24. The maximum atomic E-state index is 13.5. The van der Waals surface area contributed by atoms with E-state index in [-0.39, 0.29) is 11.7 Å². The molecule has 0 saturated carbocycles. The lowest BCUT2D eigenvalue weighted by molar-refractivity contribution is -0.121. The van der Waals surface area contributed by atoms with E-state index in [1.54, 1.807) is 19.1 Å². The number of hydrogen-bond donors (Lipinski definition) is 2. The molecule has 2 N–H and O–H groups in total. The third-order valence-corrected chi connectivity index (χ3v) is 4.58. The molecule has 4 nitrogen and oxygen atoms in total. The monoisotopic (exact) mass is 309 g/mol. The second kappa shape index (κ2) is 4.65. The molecular formula is C18H16FN3O. The Bertz CT molecular complexity index is 875. The van der Waals surface area contributed by atoms with Crippen molar-refractivity contribution in [2.45, 2.75) is 25.8 Å². The van der Waals surface area contributed by atoms with Gasteiger partial charge in [0.2, 0.25) is 0 Å². The summed E-state index contributed by atoms with van der Waals surface area (Å²) in [5, 5.41) is 7.29. The van der Waals surface area contributed by atoms with Crippen LogP contribution in [0.15, 0.2) is 41.5 Å². The third kappa shape index (κ3) is 1.96. The smallest absolute Gasteiger partial charge is 0.256 e. The average Bonchev–Trinajstić information content (AvgIpc) is 3.08. The van der Waals surface area contributed by atoms with Gasteiger partial charge in [-0.25, -0.2) is 4.39 Å². The van der Waals surface area contributed by atoms with E-state index in [4.69, 9.17) is 0 Å². The third-order valence-electron chi connectivity index (χ3n) is 4.58. The van der Waals surface area contributed by atoms with E-state index in [1.807, 2.05) is 25.1 Å². The van der Waals surface area contributed by atoms with Gasteiger partial charge in [-0.15, -0.1) is 0 Å². The van der Waals surface area contributed by atoms with Gasteiger partial charge in [-0.05, 0) is 43.2 Å². The van der Waals surface area contributed by atoms with Gasteiger partial charge in [0.05, 0.1) is 5.71 Å². The SMILES string of the molecule is Cc1ccc2c(c1)C1(CC(c3ccc(F)c(C)c3)=NN1)C(=O)N2. The zero-order valence-electron chi connectivity index (χ0n) is 12.9. The van der Waals surface area contributed by atoms with E-state index >= 15 is 0 Å². The van der Waals surface area contributed by atoms with Gasteiger partial charge in [0, 0.05) is 17.7 Å². The summed E-state index contributed by atoms with van der Waals surface area (Å²) in [5.74, 6) is -0.342. The Labute approximate surface area is 133 Å². The van der Waals surface area contributed by atoms with Crippen molar-refractivity contribution in [1.82, 2.24) is 5.43 Å². The molecule has 2 aromatic rings. The summed E-state index contributed by atoms with van der Waals surface area (Å²) in [7, 11) is 0. The molecule has 2 aliphatic heterocycles. The minimum atomic E-state index is -0.862. The number of aryl methyl sites for hydroxylation is 2. The van der Waals surface area contributed by atoms with Crippen molar-refractivity contribution in [2.24, 2.45) is 5.10 Å². The number of hydrazone groups is 1. The van der Waals surface area contributed by atoms with E-state index < -0.39 is 5.54 Å². The van der Waals surface area contributed by atoms with Crippen LogP contribution < -0.4 is 10.7 Å². The molecule has 1 amide bonds. The van der Waals surface area contributed by atoms with Crippen molar-refractivity contribution in [3.8, 4) is 0 Å². The summed E-state index contributed by atoms with van der Waals surface area (Å²) in [4.78, 5) is 12.6. The molecule has 2 heterocycles. The molecular weight excluding hydrogens is 293 g/mol. The van der Waals surface area contributed by atoms with Crippen molar-refractivity contribution in [3.63, 3.8) is 0 Å². The Hall–Kier alpha value is -2.69. The lowest BCUT2D eigenvalue weighted by atomic mass is 9.85. The highest BCUT2D eigenvalue weighted by atomic mass is 19.1. The van der Waals surface area contributed by atoms with Gasteiger partial charge in [0.15, 0.2) is 5.54 Å². The molecule has 116 valence electrons. The maximum Gasteiger partial charge on any atom is 0.256 e. The summed E-state index contributed by atoms with van der Waals surface area (Å²) in [6.07, 6.45) is 0.445. The Balaban J connectivity index is 1.73. The highest BCUT2D eigenvalue weighted by Crippen LogP contribution is 2.42. The van der Waals surface area contributed by atoms with Gasteiger partial charge in [-0.2, -0.15) is 5.10 Å². The number of carbonyl (C=O) groups excluding carboxylic acids is 1. The molecule has 2 aromatic carbocycles. The summed E-state index contributed by atoms with van der Waals surface area (Å²) >= 11 is 0. The van der Waals surface area contributed by atoms with Crippen LogP contribution in [0, 0.1) is 19.7 Å². The first-order valence-corrected chi connectivity index (χ1v) is 7.52. The van der Waals surface area contributed by atoms with E-state index in [0.717, 1.165) is 28.1 Å². The molecule has 23 heavy (non-hydrogen) atoms. The number of rotatable bonds is 1. The zero-order chi connectivity index (χ0) is 16.2. The molecule has 4 rings (SSSR count). The minimum absolute atomic E-state index is 0.101. The van der Waals surface area contributed by atoms with Crippen molar-refractivity contribution >= 4 is 17.3 Å². The molecule has 0 aliphatic carbocycles. The standard InChI is InChI=1S/C18H16FN3O/c1-10-3-6-15-13(7-10)18(17(23)20-15)9-16(21-22-18)12-4-5-14(19)11(2)8-12/h3-8,22H,9H2,1-2H3,(H,20,23). The van der Waals surface area contributed by atoms with Crippen molar-refractivity contribution < 1.29 is 9.18 Å². The lowest BCUT2D eigenvalue weighted by Crippen LogP contribution is -2.42. The molecule has 1 atom stereocenters. The van der Waals surface area contributed by atoms with Crippen LogP contribution in [0.4, 0.5) is 10.1 Å². The Kier molecular flexibility index (Phi) is 2.82. The van der Waals surface area contributed by atoms with E-state index in [2.05, 4.69) is 15.8 Å². The van der Waals surface area contributed by atoms with Crippen LogP contribution in [0.2, 0.25) is 0 Å². The molecule has 0 saturated heterocycles. The van der Waals surface area contributed by atoms with Gasteiger partial charge in [-0.3, -0.25) is 10.2 Å². The minimum Gasteiger partial charge on any atom is -0.323 e. The highest BCUT2D eigenvalue weighted by molar-refractivity contribution is 6.13. The number of amides is 1. The summed E-state index contributed by atoms with van der Waals surface area (Å²) < 4.78 is 13.5. The van der Waals surface area contributed by atoms with Crippen LogP contribution in [-0.2, 0) is 10.3 Å². The molecule has 2 aliphatic rings. The van der Waals surface area contributed by atoms with E-state index in [0.29, 0.717) is 12.0 Å². The fraction of sp³-hybridized carbons (Fsp3) is 0.222. The van der Waals surface area contributed by atoms with Crippen molar-refractivity contribution in [1.29, 1.82) is 0 Å². The average molecular weight is 309 g/mol. The van der Waals surface area contributed by atoms with Gasteiger partial charge in [0.25, 0.3) is 5.91 Å². The molecule has 1 spiro atoms. The molecule has 0 aromatic heterocycles. The molecule has 0 bridgehead atoms. The number of halogens is 1.